The molecule has 1 saturated carbocycles. The highest BCUT2D eigenvalue weighted by molar-refractivity contribution is 8.01. The van der Waals surface area contributed by atoms with Gasteiger partial charge in [-0.2, -0.15) is 0 Å². The number of hydrogen-bond acceptors (Lipinski definition) is 5. The van der Waals surface area contributed by atoms with Gasteiger partial charge in [0.1, 0.15) is 5.51 Å². The minimum Gasteiger partial charge on any atom is -0.352 e. The van der Waals surface area contributed by atoms with Gasteiger partial charge >= 0.3 is 0 Å². The van der Waals surface area contributed by atoms with Crippen molar-refractivity contribution in [3.8, 4) is 0 Å². The van der Waals surface area contributed by atoms with Gasteiger partial charge in [0, 0.05) is 6.04 Å². The first-order chi connectivity index (χ1) is 8.66. The minimum absolute atomic E-state index is 0.112. The number of nitrogens with zero attached hydrogens (tertiary/aromatic N) is 2. The van der Waals surface area contributed by atoms with Crippen LogP contribution in [0.2, 0.25) is 0 Å². The summed E-state index contributed by atoms with van der Waals surface area (Å²) in [6.45, 7) is 4.52. The van der Waals surface area contributed by atoms with Crippen LogP contribution in [0, 0.1) is 11.8 Å². The van der Waals surface area contributed by atoms with Crippen LogP contribution in [0.5, 0.6) is 0 Å². The Kier molecular flexibility index (Phi) is 5.00. The number of amides is 1. The van der Waals surface area contributed by atoms with Gasteiger partial charge in [-0.1, -0.05) is 49.8 Å². The van der Waals surface area contributed by atoms with Gasteiger partial charge in [-0.25, -0.2) is 0 Å². The number of thioether (sulfide) groups is 1. The third-order valence-corrected chi connectivity index (χ3v) is 5.58. The zero-order valence-electron chi connectivity index (χ0n) is 10.8. The van der Waals surface area contributed by atoms with Crippen LogP contribution < -0.4 is 5.32 Å². The molecule has 6 heteroatoms. The Labute approximate surface area is 116 Å². The number of hydrogen-bond donors (Lipinski definition) is 1. The van der Waals surface area contributed by atoms with Crippen molar-refractivity contribution in [1.82, 2.24) is 15.5 Å². The second kappa shape index (κ2) is 6.52. The van der Waals surface area contributed by atoms with E-state index in [-0.39, 0.29) is 5.91 Å². The smallest absolute Gasteiger partial charge is 0.230 e. The number of rotatable bonds is 4. The average molecular weight is 285 g/mol. The van der Waals surface area contributed by atoms with Crippen LogP contribution in [0.1, 0.15) is 33.1 Å². The van der Waals surface area contributed by atoms with Crippen molar-refractivity contribution in [3.63, 3.8) is 0 Å². The molecule has 1 aliphatic rings. The van der Waals surface area contributed by atoms with Crippen LogP contribution in [0.3, 0.4) is 0 Å². The van der Waals surface area contributed by atoms with Gasteiger partial charge in [0.05, 0.1) is 5.75 Å². The molecule has 1 fully saturated rings. The molecule has 2 rings (SSSR count). The number of carbonyl (C=O) groups is 1. The van der Waals surface area contributed by atoms with E-state index in [1.807, 2.05) is 0 Å². The molecular weight excluding hydrogens is 266 g/mol. The second-order valence-corrected chi connectivity index (χ2v) is 6.99. The molecule has 0 bridgehead atoms. The third kappa shape index (κ3) is 3.68. The standard InChI is InChI=1S/C12H19N3OS2/c1-8-4-3-5-10(9(8)2)14-11(16)6-17-12-15-13-7-18-12/h7-10H,3-6H2,1-2H3,(H,14,16)/t8-,9+,10-/m0/s1. The lowest BCUT2D eigenvalue weighted by molar-refractivity contribution is -0.119. The highest BCUT2D eigenvalue weighted by atomic mass is 32.2. The summed E-state index contributed by atoms with van der Waals surface area (Å²) in [5, 5.41) is 10.8. The van der Waals surface area contributed by atoms with Gasteiger partial charge in [-0.05, 0) is 18.3 Å². The fraction of sp³-hybridized carbons (Fsp3) is 0.750. The van der Waals surface area contributed by atoms with Crippen LogP contribution in [0.4, 0.5) is 0 Å². The molecule has 0 radical (unpaired) electrons. The summed E-state index contributed by atoms with van der Waals surface area (Å²) in [4.78, 5) is 11.9. The molecule has 0 spiro atoms. The lowest BCUT2D eigenvalue weighted by Crippen LogP contribution is -2.44. The van der Waals surface area contributed by atoms with Crippen LogP contribution in [0.25, 0.3) is 0 Å². The fourth-order valence-corrected chi connectivity index (χ4v) is 3.69. The first kappa shape index (κ1) is 13.8. The summed E-state index contributed by atoms with van der Waals surface area (Å²) < 4.78 is 0.857. The Balaban J connectivity index is 1.76. The molecule has 1 heterocycles. The van der Waals surface area contributed by atoms with Crippen LogP contribution in [-0.2, 0) is 4.79 Å². The van der Waals surface area contributed by atoms with Gasteiger partial charge in [0.25, 0.3) is 0 Å². The highest BCUT2D eigenvalue weighted by Gasteiger charge is 2.27. The van der Waals surface area contributed by atoms with Gasteiger partial charge in [0.2, 0.25) is 5.91 Å². The zero-order valence-corrected chi connectivity index (χ0v) is 12.4. The monoisotopic (exact) mass is 285 g/mol. The van der Waals surface area contributed by atoms with Crippen molar-refractivity contribution in [3.05, 3.63) is 5.51 Å². The Morgan fingerprint density at radius 3 is 3.11 bits per heavy atom. The fourth-order valence-electron chi connectivity index (χ4n) is 2.39. The molecule has 4 nitrogen and oxygen atoms in total. The molecule has 0 unspecified atom stereocenters. The SMILES string of the molecule is C[C@H]1[C@@H](NC(=O)CSc2nncs2)CCC[C@@H]1C. The van der Waals surface area contributed by atoms with E-state index in [0.29, 0.717) is 23.6 Å². The molecule has 1 aromatic heterocycles. The number of aromatic nitrogens is 2. The molecule has 18 heavy (non-hydrogen) atoms. The quantitative estimate of drug-likeness (QED) is 0.864. The number of nitrogens with one attached hydrogen (secondary N) is 1. The van der Waals surface area contributed by atoms with E-state index >= 15 is 0 Å². The molecule has 100 valence electrons. The summed E-state index contributed by atoms with van der Waals surface area (Å²) >= 11 is 2.93. The zero-order chi connectivity index (χ0) is 13.0. The Morgan fingerprint density at radius 2 is 2.39 bits per heavy atom. The van der Waals surface area contributed by atoms with Crippen molar-refractivity contribution in [1.29, 1.82) is 0 Å². The predicted molar refractivity (Wildman–Crippen MR) is 74.7 cm³/mol. The molecule has 0 aliphatic heterocycles. The van der Waals surface area contributed by atoms with Crippen LogP contribution in [0.15, 0.2) is 9.85 Å². The normalized spacial score (nSPS) is 28.0. The molecular formula is C12H19N3OS2. The van der Waals surface area contributed by atoms with Crippen molar-refractivity contribution in [2.24, 2.45) is 11.8 Å². The molecule has 0 aromatic carbocycles. The summed E-state index contributed by atoms with van der Waals surface area (Å²) in [5.41, 5.74) is 1.69. The van der Waals surface area contributed by atoms with Crippen molar-refractivity contribution in [2.75, 3.05) is 5.75 Å². The van der Waals surface area contributed by atoms with E-state index in [2.05, 4.69) is 29.4 Å². The van der Waals surface area contributed by atoms with E-state index in [4.69, 9.17) is 0 Å². The minimum atomic E-state index is 0.112. The van der Waals surface area contributed by atoms with Crippen LogP contribution >= 0.6 is 23.1 Å². The van der Waals surface area contributed by atoms with E-state index in [1.54, 1.807) is 5.51 Å². The van der Waals surface area contributed by atoms with E-state index in [9.17, 15) is 4.79 Å². The molecule has 1 aliphatic carbocycles. The van der Waals surface area contributed by atoms with Gasteiger partial charge in [-0.15, -0.1) is 10.2 Å². The maximum absolute atomic E-state index is 11.9. The summed E-state index contributed by atoms with van der Waals surface area (Å²) in [6, 6.07) is 0.344. The van der Waals surface area contributed by atoms with Crippen molar-refractivity contribution in [2.45, 2.75) is 43.5 Å². The molecule has 1 amide bonds. The predicted octanol–water partition coefficient (Wildman–Crippen LogP) is 2.57. The maximum Gasteiger partial charge on any atom is 0.230 e. The molecule has 0 saturated heterocycles. The summed E-state index contributed by atoms with van der Waals surface area (Å²) in [7, 11) is 0. The number of carbonyl (C=O) groups excluding carboxylic acids is 1. The van der Waals surface area contributed by atoms with Gasteiger partial charge in [0.15, 0.2) is 4.34 Å². The maximum atomic E-state index is 11.9. The molecule has 1 aromatic rings. The Morgan fingerprint density at radius 1 is 1.56 bits per heavy atom. The third-order valence-electron chi connectivity index (χ3n) is 3.72. The first-order valence-corrected chi connectivity index (χ1v) is 8.21. The Hall–Kier alpha value is -0.620. The van der Waals surface area contributed by atoms with E-state index in [1.165, 1.54) is 35.9 Å². The van der Waals surface area contributed by atoms with E-state index < -0.39 is 0 Å². The van der Waals surface area contributed by atoms with Gasteiger partial charge < -0.3 is 5.32 Å². The summed E-state index contributed by atoms with van der Waals surface area (Å²) in [5.74, 6) is 1.84. The van der Waals surface area contributed by atoms with Crippen LogP contribution in [-0.4, -0.2) is 27.9 Å². The molecule has 1 N–H and O–H groups in total. The topological polar surface area (TPSA) is 54.9 Å². The van der Waals surface area contributed by atoms with Crippen molar-refractivity contribution < 1.29 is 4.79 Å². The average Bonchev–Trinajstić information content (AvgIpc) is 2.86. The highest BCUT2D eigenvalue weighted by Crippen LogP contribution is 2.29. The lowest BCUT2D eigenvalue weighted by atomic mass is 9.78. The molecule has 3 atom stereocenters. The van der Waals surface area contributed by atoms with Gasteiger partial charge in [-0.3, -0.25) is 4.79 Å². The summed E-state index contributed by atoms with van der Waals surface area (Å²) in [6.07, 6.45) is 3.62. The van der Waals surface area contributed by atoms with Crippen molar-refractivity contribution >= 4 is 29.0 Å². The second-order valence-electron chi connectivity index (χ2n) is 4.93. The largest absolute Gasteiger partial charge is 0.352 e. The lowest BCUT2D eigenvalue weighted by Gasteiger charge is -2.34. The Bertz CT molecular complexity index is 383. The first-order valence-electron chi connectivity index (χ1n) is 6.35. The van der Waals surface area contributed by atoms with E-state index in [0.717, 1.165) is 10.8 Å².